The zero-order valence-electron chi connectivity index (χ0n) is 4.57. The van der Waals surface area contributed by atoms with Gasteiger partial charge in [-0.15, -0.1) is 5.10 Å². The largest absolute Gasteiger partial charge is 0.381 e. The third-order valence-corrected chi connectivity index (χ3v) is 0.881. The Morgan fingerprint density at radius 1 is 1.78 bits per heavy atom. The molecule has 9 heavy (non-hydrogen) atoms. The van der Waals surface area contributed by atoms with Gasteiger partial charge in [0.25, 0.3) is 0 Å². The Kier molecular flexibility index (Phi) is 1.01. The van der Waals surface area contributed by atoms with Crippen LogP contribution < -0.4 is 11.6 Å². The van der Waals surface area contributed by atoms with Crippen LogP contribution in [0.15, 0.2) is 6.20 Å². The first-order valence-electron chi connectivity index (χ1n) is 2.24. The van der Waals surface area contributed by atoms with Crippen molar-refractivity contribution in [3.63, 3.8) is 0 Å². The van der Waals surface area contributed by atoms with Gasteiger partial charge in [-0.25, -0.2) is 0 Å². The van der Waals surface area contributed by atoms with Crippen molar-refractivity contribution in [2.45, 2.75) is 0 Å². The molecular weight excluding hydrogens is 118 g/mol. The Morgan fingerprint density at radius 3 is 2.67 bits per heavy atom. The minimum atomic E-state index is 0.167. The van der Waals surface area contributed by atoms with E-state index < -0.39 is 0 Å². The molecule has 0 spiro atoms. The second kappa shape index (κ2) is 1.67. The molecule has 46 valence electrons. The Balaban J connectivity index is 3.20. The summed E-state index contributed by atoms with van der Waals surface area (Å²) in [5, 5.41) is 11.8. The summed E-state index contributed by atoms with van der Waals surface area (Å²) in [5.41, 5.74) is 5.52. The van der Waals surface area contributed by atoms with E-state index in [4.69, 9.17) is 16.8 Å². The molecule has 0 fully saturated rings. The van der Waals surface area contributed by atoms with E-state index in [9.17, 15) is 0 Å². The van der Waals surface area contributed by atoms with Crippen molar-refractivity contribution in [2.75, 3.05) is 11.6 Å². The summed E-state index contributed by atoms with van der Waals surface area (Å²) in [6.45, 7) is 0. The van der Waals surface area contributed by atoms with Crippen molar-refractivity contribution in [3.05, 3.63) is 11.8 Å². The van der Waals surface area contributed by atoms with Gasteiger partial charge < -0.3 is 11.6 Å². The molecular formula is C4H5N5. The Morgan fingerprint density at radius 2 is 2.44 bits per heavy atom. The number of anilines is 1. The zero-order valence-corrected chi connectivity index (χ0v) is 4.57. The van der Waals surface area contributed by atoms with Crippen molar-refractivity contribution in [1.29, 1.82) is 5.26 Å². The number of hydrogen-bond acceptors (Lipinski definition) is 4. The molecule has 0 aliphatic carbocycles. The third kappa shape index (κ3) is 0.770. The molecule has 0 saturated heterocycles. The van der Waals surface area contributed by atoms with Crippen molar-refractivity contribution in [2.24, 2.45) is 0 Å². The van der Waals surface area contributed by atoms with E-state index in [-0.39, 0.29) is 5.82 Å². The molecule has 0 aromatic carbocycles. The van der Waals surface area contributed by atoms with E-state index in [1.54, 1.807) is 0 Å². The highest BCUT2D eigenvalue weighted by Gasteiger charge is 2.00. The predicted molar refractivity (Wildman–Crippen MR) is 31.5 cm³/mol. The van der Waals surface area contributed by atoms with E-state index in [2.05, 4.69) is 5.10 Å². The van der Waals surface area contributed by atoms with Gasteiger partial charge in [0.15, 0.2) is 5.82 Å². The number of rotatable bonds is 0. The monoisotopic (exact) mass is 123 g/mol. The maximum absolute atomic E-state index is 8.29. The average molecular weight is 123 g/mol. The predicted octanol–water partition coefficient (Wildman–Crippen LogP) is -0.949. The summed E-state index contributed by atoms with van der Waals surface area (Å²) in [6.07, 6.45) is 1.36. The van der Waals surface area contributed by atoms with Crippen LogP contribution in [-0.2, 0) is 0 Å². The highest BCUT2D eigenvalue weighted by Crippen LogP contribution is 2.02. The van der Waals surface area contributed by atoms with Crippen LogP contribution in [0.1, 0.15) is 5.56 Å². The van der Waals surface area contributed by atoms with Gasteiger partial charge in [0.1, 0.15) is 11.6 Å². The van der Waals surface area contributed by atoms with Crippen LogP contribution in [-0.4, -0.2) is 9.89 Å². The van der Waals surface area contributed by atoms with Gasteiger partial charge in [-0.3, -0.25) is 0 Å². The zero-order chi connectivity index (χ0) is 6.85. The second-order valence-corrected chi connectivity index (χ2v) is 1.52. The highest BCUT2D eigenvalue weighted by molar-refractivity contribution is 5.46. The van der Waals surface area contributed by atoms with Gasteiger partial charge in [-0.1, -0.05) is 0 Å². The Hall–Kier alpha value is -1.70. The van der Waals surface area contributed by atoms with Crippen LogP contribution in [0.3, 0.4) is 0 Å². The van der Waals surface area contributed by atoms with Crippen molar-refractivity contribution >= 4 is 5.82 Å². The van der Waals surface area contributed by atoms with Crippen molar-refractivity contribution < 1.29 is 0 Å². The van der Waals surface area contributed by atoms with E-state index in [1.807, 2.05) is 6.07 Å². The molecule has 0 bridgehead atoms. The van der Waals surface area contributed by atoms with Gasteiger partial charge in [0.05, 0.1) is 6.20 Å². The van der Waals surface area contributed by atoms with E-state index in [0.29, 0.717) is 5.56 Å². The normalized spacial score (nSPS) is 8.78. The Bertz CT molecular complexity index is 254. The van der Waals surface area contributed by atoms with Crippen molar-refractivity contribution in [3.8, 4) is 6.07 Å². The molecule has 1 aromatic rings. The lowest BCUT2D eigenvalue weighted by molar-refractivity contribution is 0.837. The summed E-state index contributed by atoms with van der Waals surface area (Å²) < 4.78 is 0. The molecule has 0 aliphatic heterocycles. The molecule has 0 amide bonds. The maximum atomic E-state index is 8.29. The number of nitriles is 1. The lowest BCUT2D eigenvalue weighted by Crippen LogP contribution is -2.08. The minimum absolute atomic E-state index is 0.167. The molecule has 1 aromatic heterocycles. The second-order valence-electron chi connectivity index (χ2n) is 1.52. The lowest BCUT2D eigenvalue weighted by Gasteiger charge is -1.80. The summed E-state index contributed by atoms with van der Waals surface area (Å²) in [7, 11) is 0. The molecule has 0 atom stereocenters. The SMILES string of the molecule is N#Cc1cn(N)nc1N. The summed E-state index contributed by atoms with van der Waals surface area (Å²) >= 11 is 0. The standard InChI is InChI=1S/C4H5N5/c5-1-3-2-9(7)8-4(3)6/h2H,7H2,(H2,6,8). The van der Waals surface area contributed by atoms with Gasteiger partial charge in [0, 0.05) is 0 Å². The first kappa shape index (κ1) is 5.44. The van der Waals surface area contributed by atoms with Gasteiger partial charge in [0.2, 0.25) is 0 Å². The molecule has 4 N–H and O–H groups in total. The highest BCUT2D eigenvalue weighted by atomic mass is 15.5. The molecule has 1 rings (SSSR count). The smallest absolute Gasteiger partial charge is 0.165 e. The molecule has 0 unspecified atom stereocenters. The number of aromatic nitrogens is 2. The number of nitrogens with zero attached hydrogens (tertiary/aromatic N) is 3. The van der Waals surface area contributed by atoms with Crippen LogP contribution in [0.2, 0.25) is 0 Å². The Labute approximate surface area is 51.4 Å². The molecule has 1 heterocycles. The minimum Gasteiger partial charge on any atom is -0.381 e. The first-order valence-corrected chi connectivity index (χ1v) is 2.24. The number of hydrogen-bond donors (Lipinski definition) is 2. The van der Waals surface area contributed by atoms with Crippen molar-refractivity contribution in [1.82, 2.24) is 9.89 Å². The maximum Gasteiger partial charge on any atom is 0.165 e. The average Bonchev–Trinajstić information content (AvgIpc) is 2.10. The van der Waals surface area contributed by atoms with E-state index in [0.717, 1.165) is 4.79 Å². The number of nitrogens with two attached hydrogens (primary N) is 2. The fourth-order valence-corrected chi connectivity index (χ4v) is 0.492. The first-order chi connectivity index (χ1) is 4.24. The fraction of sp³-hybridized carbons (Fsp3) is 0. The van der Waals surface area contributed by atoms with Crippen LogP contribution in [0.5, 0.6) is 0 Å². The van der Waals surface area contributed by atoms with E-state index in [1.165, 1.54) is 6.20 Å². The molecule has 5 heteroatoms. The quantitative estimate of drug-likeness (QED) is 0.435. The van der Waals surface area contributed by atoms with Crippen LogP contribution in [0.4, 0.5) is 5.82 Å². The fourth-order valence-electron chi connectivity index (χ4n) is 0.492. The summed E-state index contributed by atoms with van der Waals surface area (Å²) in [4.78, 5) is 1.01. The van der Waals surface area contributed by atoms with E-state index >= 15 is 0 Å². The van der Waals surface area contributed by atoms with Gasteiger partial charge in [-0.05, 0) is 0 Å². The molecule has 5 nitrogen and oxygen atoms in total. The molecule has 0 aliphatic rings. The third-order valence-electron chi connectivity index (χ3n) is 0.881. The van der Waals surface area contributed by atoms with Crippen LogP contribution in [0.25, 0.3) is 0 Å². The van der Waals surface area contributed by atoms with Crippen LogP contribution in [0, 0.1) is 11.3 Å². The topological polar surface area (TPSA) is 93.6 Å². The summed E-state index contributed by atoms with van der Waals surface area (Å²) in [5.74, 6) is 5.30. The lowest BCUT2D eigenvalue weighted by atomic mass is 10.4. The van der Waals surface area contributed by atoms with Gasteiger partial charge in [-0.2, -0.15) is 10.1 Å². The van der Waals surface area contributed by atoms with Gasteiger partial charge >= 0.3 is 0 Å². The summed E-state index contributed by atoms with van der Waals surface area (Å²) in [6, 6.07) is 1.83. The van der Waals surface area contributed by atoms with Crippen LogP contribution >= 0.6 is 0 Å². The molecule has 0 saturated carbocycles. The number of nitrogen functional groups attached to an aromatic ring is 2. The molecule has 0 radical (unpaired) electrons.